The highest BCUT2D eigenvalue weighted by Gasteiger charge is 2.38. The lowest BCUT2D eigenvalue weighted by Crippen LogP contribution is -2.48. The number of pyridine rings is 1. The Morgan fingerprint density at radius 1 is 1.02 bits per heavy atom. The number of carbonyl (C=O) groups is 2. The van der Waals surface area contributed by atoms with Crippen LogP contribution in [0, 0.1) is 35.5 Å². The number of amides is 1. The van der Waals surface area contributed by atoms with E-state index >= 15 is 0 Å². The molecule has 1 amide bonds. The lowest BCUT2D eigenvalue weighted by molar-refractivity contribution is -0.978. The van der Waals surface area contributed by atoms with Crippen LogP contribution in [0.4, 0.5) is 19.0 Å². The van der Waals surface area contributed by atoms with Gasteiger partial charge >= 0.3 is 11.3 Å². The number of rotatable bonds is 27. The Labute approximate surface area is 523 Å². The number of nitrogens with zero attached hydrogens (tertiary/aromatic N) is 6. The van der Waals surface area contributed by atoms with Crippen LogP contribution in [0.25, 0.3) is 11.1 Å². The van der Waals surface area contributed by atoms with Crippen molar-refractivity contribution < 1.29 is 42.6 Å². The molecule has 6 N–H and O–H groups in total. The van der Waals surface area contributed by atoms with Crippen molar-refractivity contribution >= 4 is 70.8 Å². The summed E-state index contributed by atoms with van der Waals surface area (Å²) in [7, 11) is 20.6. The Kier molecular flexibility index (Phi) is 45.5. The van der Waals surface area contributed by atoms with Crippen molar-refractivity contribution in [1.29, 1.82) is 0 Å². The Hall–Kier alpha value is -6.65. The summed E-state index contributed by atoms with van der Waals surface area (Å²) in [5.74, 6) is 1.43. The van der Waals surface area contributed by atoms with Gasteiger partial charge in [-0.2, -0.15) is 22.8 Å². The number of halogens is 4. The summed E-state index contributed by atoms with van der Waals surface area (Å²) in [6.07, 6.45) is 24.0. The monoisotopic (exact) mass is 1210 g/mol. The van der Waals surface area contributed by atoms with Crippen LogP contribution in [0.1, 0.15) is 159 Å². The second-order valence-electron chi connectivity index (χ2n) is 20.5. The Morgan fingerprint density at radius 3 is 2.03 bits per heavy atom. The van der Waals surface area contributed by atoms with E-state index in [9.17, 15) is 32.8 Å². The van der Waals surface area contributed by atoms with E-state index in [4.69, 9.17) is 46.6 Å². The maximum absolute atomic E-state index is 13.2. The number of allylic oxidation sites excluding steroid dienone is 6. The number of aldehydes is 1. The summed E-state index contributed by atoms with van der Waals surface area (Å²) in [4.78, 5) is 60.1. The van der Waals surface area contributed by atoms with Crippen LogP contribution in [-0.2, 0) is 19.3 Å². The number of hydrogen-bond acceptors (Lipinski definition) is 13. The van der Waals surface area contributed by atoms with Gasteiger partial charge in [-0.05, 0) is 132 Å². The molecule has 2 aromatic rings. The molecule has 1 heterocycles. The SMILES string of the molecule is C#C.C=CCO[N+](=O)OCC=C.CC.CC.CCC(C)C=O.CCC[C@@H]1CC1c1ccc(-c2cnc(N)c(C=NC)c2)cc1Cl.[B]C([B])([B])N(C)/C=C(\C=C\CC)C[C@@H](C)C(=O)NC(C)(C)CN=C(/C=C(\N)C(F)(F)F)/C(C)=C/N=C(C)C(C)(C)O. The van der Waals surface area contributed by atoms with E-state index in [-0.39, 0.29) is 48.0 Å². The van der Waals surface area contributed by atoms with Crippen LogP contribution in [0.5, 0.6) is 0 Å². The summed E-state index contributed by atoms with van der Waals surface area (Å²) in [6, 6.07) is 8.33. The summed E-state index contributed by atoms with van der Waals surface area (Å²) in [6.45, 7) is 34.4. The van der Waals surface area contributed by atoms with Crippen LogP contribution in [0.2, 0.25) is 5.02 Å². The van der Waals surface area contributed by atoms with Gasteiger partial charge in [0.1, 0.15) is 22.7 Å². The highest BCUT2D eigenvalue weighted by atomic mass is 35.5. The second kappa shape index (κ2) is 45.6. The van der Waals surface area contributed by atoms with Gasteiger partial charge in [0.25, 0.3) is 0 Å². The van der Waals surface area contributed by atoms with Gasteiger partial charge in [0, 0.05) is 72.6 Å². The number of aliphatic imine (C=N–C) groups is 3. The quantitative estimate of drug-likeness (QED) is 0.0126. The number of benzene rings is 1. The topological polar surface area (TPSA) is 210 Å². The zero-order valence-electron chi connectivity index (χ0n) is 54.4. The maximum atomic E-state index is 13.2. The Morgan fingerprint density at radius 2 is 1.59 bits per heavy atom. The third-order valence-corrected chi connectivity index (χ3v) is 12.3. The molecule has 22 heteroatoms. The van der Waals surface area contributed by atoms with Crippen LogP contribution in [0.3, 0.4) is 0 Å². The van der Waals surface area contributed by atoms with E-state index in [1.54, 1.807) is 60.4 Å². The van der Waals surface area contributed by atoms with Crippen LogP contribution >= 0.6 is 11.6 Å². The molecule has 1 aromatic carbocycles. The normalized spacial score (nSPS) is 15.2. The first-order valence-corrected chi connectivity index (χ1v) is 29.1. The first-order chi connectivity index (χ1) is 40.2. The molecule has 6 radical (unpaired) electrons. The number of aromatic nitrogens is 1. The minimum absolute atomic E-state index is 0.0311. The van der Waals surface area contributed by atoms with Gasteiger partial charge in [-0.25, -0.2) is 4.98 Å². The van der Waals surface area contributed by atoms with Crippen molar-refractivity contribution in [2.75, 3.05) is 39.6 Å². The number of alkyl halides is 3. The highest BCUT2D eigenvalue weighted by Crippen LogP contribution is 2.52. The molecule has 0 bridgehead atoms. The first kappa shape index (κ1) is 85.8. The number of anilines is 1. The fraction of sp³-hybridized carbons (Fsp3) is 0.531. The molecule has 4 atom stereocenters. The van der Waals surface area contributed by atoms with Gasteiger partial charge in [0.2, 0.25) is 5.91 Å². The van der Waals surface area contributed by atoms with Crippen molar-refractivity contribution in [3.8, 4) is 24.0 Å². The van der Waals surface area contributed by atoms with Gasteiger partial charge in [0.05, 0.1) is 46.9 Å². The van der Waals surface area contributed by atoms with Crippen LogP contribution in [0.15, 0.2) is 118 Å². The molecule has 1 saturated carbocycles. The van der Waals surface area contributed by atoms with Gasteiger partial charge in [-0.3, -0.25) is 19.8 Å². The predicted octanol–water partition coefficient (Wildman–Crippen LogP) is 13.3. The standard InChI is InChI=1S/C28H43B3F3N5O2.C19H22ClN3.C6H10NO3.C5H10O.2C2H6.C2H2/c1-10-11-12-21(16-39(9)28(29,30)31)13-18(2)24(40)38-25(5,6)17-37-22(14-23(35)27(32,33)34)19(3)15-36-20(4)26(7,8)41;1-3-4-13-8-17(13)16-6-5-12(9-18(16)20)14-7-15(10-22-2)19(21)23-11-14;1-3-5-9-7(8)10-6-4-2;1-3-5(2)4-6;3*1-2/h11-12,14-16,18,41H,10,13,17,35H2,1-9H3,(H,38,40);5-7,9-11,13,17H,3-4,8H2,1-2H3,(H2,21,23);3-4H,1-2,5-6H2;4-5H,3H2,1-2H3;2*1-2H3;1-2H/q;;+1;;;;/b12-11+,19-15+,21-16+,23-14-,36-20?,37-22?;;;;;;/t18-;13-,17?;;;;;/m11...../s1. The van der Waals surface area contributed by atoms with Crippen molar-refractivity contribution in [2.45, 2.75) is 171 Å². The molecular weight excluding hydrogens is 1120 g/mol. The fourth-order valence-electron chi connectivity index (χ4n) is 6.53. The second-order valence-corrected chi connectivity index (χ2v) is 20.9. The van der Waals surface area contributed by atoms with Gasteiger partial charge < -0.3 is 31.6 Å². The van der Waals surface area contributed by atoms with E-state index in [1.807, 2.05) is 72.8 Å². The molecule has 1 aliphatic rings. The number of aliphatic hydroxyl groups is 1. The van der Waals surface area contributed by atoms with Crippen molar-refractivity contribution in [2.24, 2.45) is 38.5 Å². The molecule has 1 fully saturated rings. The molecule has 1 aromatic heterocycles. The third kappa shape index (κ3) is 37.7. The van der Waals surface area contributed by atoms with E-state index < -0.39 is 34.2 Å². The largest absolute Gasteiger partial charge is 0.478 e. The predicted molar refractivity (Wildman–Crippen MR) is 357 cm³/mol. The Bertz CT molecular complexity index is 2580. The summed E-state index contributed by atoms with van der Waals surface area (Å²) in [5.41, 5.74) is 13.2. The molecule has 0 spiro atoms. The van der Waals surface area contributed by atoms with Crippen molar-refractivity contribution in [1.82, 2.24) is 15.2 Å². The van der Waals surface area contributed by atoms with Crippen LogP contribution in [-0.4, -0.2) is 130 Å². The molecule has 86 heavy (non-hydrogen) atoms. The van der Waals surface area contributed by atoms with E-state index in [2.05, 4.69) is 80.0 Å². The number of hydrogen-bond donors (Lipinski definition) is 4. The van der Waals surface area contributed by atoms with Gasteiger partial charge in [-0.15, -0.1) is 12.8 Å². The average molecular weight is 1220 g/mol. The molecule has 472 valence electrons. The number of nitrogens with two attached hydrogens (primary N) is 2. The minimum atomic E-state index is -4.75. The molecular formula is C64H99B3ClF3N9O6+. The van der Waals surface area contributed by atoms with E-state index in [0.29, 0.717) is 23.9 Å². The third-order valence-electron chi connectivity index (χ3n) is 12.0. The maximum Gasteiger partial charge on any atom is 0.478 e. The van der Waals surface area contributed by atoms with E-state index in [0.717, 1.165) is 58.4 Å². The lowest BCUT2D eigenvalue weighted by Gasteiger charge is -2.33. The van der Waals surface area contributed by atoms with Gasteiger partial charge in [-0.1, -0.05) is 129 Å². The zero-order chi connectivity index (χ0) is 67.6. The summed E-state index contributed by atoms with van der Waals surface area (Å²) < 4.78 is 39.6. The molecule has 2 unspecified atom stereocenters. The molecule has 1 aliphatic carbocycles. The van der Waals surface area contributed by atoms with Crippen LogP contribution < -0.4 is 16.8 Å². The molecule has 0 aliphatic heterocycles. The molecule has 15 nitrogen and oxygen atoms in total. The molecule has 0 saturated heterocycles. The Balaban J connectivity index is -0.000000616. The van der Waals surface area contributed by atoms with E-state index in [1.165, 1.54) is 68.8 Å². The minimum Gasteiger partial charge on any atom is -0.400 e. The number of nitrogen functional groups attached to an aromatic ring is 1. The first-order valence-electron chi connectivity index (χ1n) is 28.7. The smallest absolute Gasteiger partial charge is 0.400 e. The highest BCUT2D eigenvalue weighted by molar-refractivity contribution is 6.59. The number of nitrogens with one attached hydrogen (secondary N) is 1. The summed E-state index contributed by atoms with van der Waals surface area (Å²) in [5, 5.41) is 12.3. The fourth-order valence-corrected chi connectivity index (χ4v) is 6.85. The van der Waals surface area contributed by atoms with Crippen molar-refractivity contribution in [3.05, 3.63) is 124 Å². The number of terminal acetylenes is 1. The van der Waals surface area contributed by atoms with Gasteiger partial charge in [0.15, 0.2) is 13.2 Å². The number of carbonyl (C=O) groups excluding carboxylic acids is 2. The van der Waals surface area contributed by atoms with Crippen molar-refractivity contribution in [3.63, 3.8) is 0 Å². The zero-order valence-corrected chi connectivity index (χ0v) is 55.2. The lowest BCUT2D eigenvalue weighted by atomic mass is 9.48. The molecule has 3 rings (SSSR count). The summed E-state index contributed by atoms with van der Waals surface area (Å²) >= 11 is 6.54. The average Bonchev–Trinajstić information content (AvgIpc) is 4.38.